The minimum atomic E-state index is -0.647. The third kappa shape index (κ3) is 6.14. The highest BCUT2D eigenvalue weighted by molar-refractivity contribution is 5.87. The summed E-state index contributed by atoms with van der Waals surface area (Å²) in [7, 11) is 3.13. The third-order valence-corrected chi connectivity index (χ3v) is 4.45. The van der Waals surface area contributed by atoms with Crippen molar-refractivity contribution in [1.29, 1.82) is 0 Å². The first-order valence-corrected chi connectivity index (χ1v) is 9.46. The highest BCUT2D eigenvalue weighted by Crippen LogP contribution is 2.26. The highest BCUT2D eigenvalue weighted by atomic mass is 16.5. The van der Waals surface area contributed by atoms with Crippen molar-refractivity contribution in [2.75, 3.05) is 27.4 Å². The molecule has 1 N–H and O–H groups in total. The molecule has 1 atom stereocenters. The molecule has 0 aromatic heterocycles. The van der Waals surface area contributed by atoms with Crippen molar-refractivity contribution in [1.82, 2.24) is 10.2 Å². The molecule has 0 heterocycles. The standard InChI is InChI=1S/C22H28N2O5/c1-5-23-22(26)16(2)24(14-17-10-12-18(27-3)13-11-17)21(25)15-29-20-9-7-6-8-19(20)28-4/h6-13,16H,5,14-15H2,1-4H3,(H,23,26). The van der Waals surface area contributed by atoms with Crippen LogP contribution in [0.25, 0.3) is 0 Å². The molecule has 0 radical (unpaired) electrons. The van der Waals surface area contributed by atoms with Gasteiger partial charge in [-0.15, -0.1) is 0 Å². The molecule has 1 unspecified atom stereocenters. The lowest BCUT2D eigenvalue weighted by atomic mass is 10.1. The van der Waals surface area contributed by atoms with E-state index < -0.39 is 6.04 Å². The van der Waals surface area contributed by atoms with Crippen molar-refractivity contribution in [2.24, 2.45) is 0 Å². The van der Waals surface area contributed by atoms with Crippen molar-refractivity contribution in [3.8, 4) is 17.2 Å². The van der Waals surface area contributed by atoms with Crippen LogP contribution in [-0.2, 0) is 16.1 Å². The zero-order valence-corrected chi connectivity index (χ0v) is 17.3. The van der Waals surface area contributed by atoms with Crippen LogP contribution in [-0.4, -0.2) is 50.1 Å². The monoisotopic (exact) mass is 400 g/mol. The van der Waals surface area contributed by atoms with Crippen molar-refractivity contribution in [3.05, 3.63) is 54.1 Å². The summed E-state index contributed by atoms with van der Waals surface area (Å²) in [6.45, 7) is 4.10. The van der Waals surface area contributed by atoms with Gasteiger partial charge in [-0.25, -0.2) is 0 Å². The van der Waals surface area contributed by atoms with Crippen LogP contribution in [0.2, 0.25) is 0 Å². The number of ether oxygens (including phenoxy) is 3. The SMILES string of the molecule is CCNC(=O)C(C)N(Cc1ccc(OC)cc1)C(=O)COc1ccccc1OC. The molecule has 2 rings (SSSR count). The molecule has 0 aliphatic carbocycles. The molecule has 0 aliphatic rings. The Morgan fingerprint density at radius 2 is 1.66 bits per heavy atom. The first kappa shape index (κ1) is 22.1. The molecule has 7 nitrogen and oxygen atoms in total. The van der Waals surface area contributed by atoms with Gasteiger partial charge in [-0.1, -0.05) is 24.3 Å². The van der Waals surface area contributed by atoms with Crippen molar-refractivity contribution in [2.45, 2.75) is 26.4 Å². The van der Waals surface area contributed by atoms with E-state index in [9.17, 15) is 9.59 Å². The maximum Gasteiger partial charge on any atom is 0.261 e. The molecule has 2 amide bonds. The van der Waals surface area contributed by atoms with E-state index in [4.69, 9.17) is 14.2 Å². The van der Waals surface area contributed by atoms with Gasteiger partial charge in [0.2, 0.25) is 5.91 Å². The molecule has 2 aromatic carbocycles. The molecule has 0 spiro atoms. The fourth-order valence-corrected chi connectivity index (χ4v) is 2.79. The molecule has 0 bridgehead atoms. The number of para-hydroxylation sites is 2. The van der Waals surface area contributed by atoms with E-state index in [-0.39, 0.29) is 25.0 Å². The molecule has 0 saturated carbocycles. The number of likely N-dealkylation sites (N-methyl/N-ethyl adjacent to an activating group) is 1. The van der Waals surface area contributed by atoms with Gasteiger partial charge in [0.1, 0.15) is 11.8 Å². The van der Waals surface area contributed by atoms with E-state index in [1.807, 2.05) is 37.3 Å². The van der Waals surface area contributed by atoms with Gasteiger partial charge in [-0.2, -0.15) is 0 Å². The van der Waals surface area contributed by atoms with E-state index in [2.05, 4.69) is 5.32 Å². The predicted molar refractivity (Wildman–Crippen MR) is 110 cm³/mol. The summed E-state index contributed by atoms with van der Waals surface area (Å²) in [5, 5.41) is 2.76. The number of nitrogens with zero attached hydrogens (tertiary/aromatic N) is 1. The van der Waals surface area contributed by atoms with Gasteiger partial charge in [0.25, 0.3) is 5.91 Å². The maximum absolute atomic E-state index is 12.9. The van der Waals surface area contributed by atoms with E-state index in [1.165, 1.54) is 12.0 Å². The Hall–Kier alpha value is -3.22. The molecular formula is C22H28N2O5. The molecule has 7 heteroatoms. The Bertz CT molecular complexity index is 807. The summed E-state index contributed by atoms with van der Waals surface area (Å²) in [6.07, 6.45) is 0. The third-order valence-electron chi connectivity index (χ3n) is 4.45. The number of nitrogens with one attached hydrogen (secondary N) is 1. The average Bonchev–Trinajstić information content (AvgIpc) is 2.76. The Kier molecular flexibility index (Phi) is 8.33. The lowest BCUT2D eigenvalue weighted by molar-refractivity contribution is -0.142. The minimum Gasteiger partial charge on any atom is -0.497 e. The summed E-state index contributed by atoms with van der Waals surface area (Å²) in [5.41, 5.74) is 0.882. The average molecular weight is 400 g/mol. The molecule has 156 valence electrons. The Morgan fingerprint density at radius 3 is 2.24 bits per heavy atom. The highest BCUT2D eigenvalue weighted by Gasteiger charge is 2.26. The van der Waals surface area contributed by atoms with Crippen molar-refractivity contribution in [3.63, 3.8) is 0 Å². The zero-order chi connectivity index (χ0) is 21.2. The summed E-state index contributed by atoms with van der Waals surface area (Å²) in [4.78, 5) is 26.8. The summed E-state index contributed by atoms with van der Waals surface area (Å²) >= 11 is 0. The van der Waals surface area contributed by atoms with E-state index in [0.717, 1.165) is 11.3 Å². The summed E-state index contributed by atoms with van der Waals surface area (Å²) < 4.78 is 16.1. The van der Waals surface area contributed by atoms with Crippen LogP contribution in [0.4, 0.5) is 0 Å². The van der Waals surface area contributed by atoms with E-state index in [1.54, 1.807) is 32.2 Å². The number of carbonyl (C=O) groups is 2. The molecular weight excluding hydrogens is 372 g/mol. The van der Waals surface area contributed by atoms with Crippen LogP contribution in [0, 0.1) is 0 Å². The van der Waals surface area contributed by atoms with Gasteiger partial charge in [0.05, 0.1) is 14.2 Å². The fourth-order valence-electron chi connectivity index (χ4n) is 2.79. The fraction of sp³-hybridized carbons (Fsp3) is 0.364. The number of hydrogen-bond acceptors (Lipinski definition) is 5. The van der Waals surface area contributed by atoms with E-state index >= 15 is 0 Å². The molecule has 0 saturated heterocycles. The van der Waals surface area contributed by atoms with Gasteiger partial charge < -0.3 is 24.4 Å². The summed E-state index contributed by atoms with van der Waals surface area (Å²) in [6, 6.07) is 13.8. The molecule has 2 aromatic rings. The smallest absolute Gasteiger partial charge is 0.261 e. The second kappa shape index (κ2) is 10.9. The number of amides is 2. The second-order valence-corrected chi connectivity index (χ2v) is 6.38. The molecule has 29 heavy (non-hydrogen) atoms. The van der Waals surface area contributed by atoms with Crippen LogP contribution in [0.15, 0.2) is 48.5 Å². The first-order chi connectivity index (χ1) is 14.0. The quantitative estimate of drug-likeness (QED) is 0.663. The minimum absolute atomic E-state index is 0.208. The van der Waals surface area contributed by atoms with Gasteiger partial charge in [0, 0.05) is 13.1 Å². The van der Waals surface area contributed by atoms with Gasteiger partial charge in [0.15, 0.2) is 18.1 Å². The van der Waals surface area contributed by atoms with E-state index in [0.29, 0.717) is 18.0 Å². The normalized spacial score (nSPS) is 11.3. The van der Waals surface area contributed by atoms with Crippen molar-refractivity contribution < 1.29 is 23.8 Å². The Balaban J connectivity index is 2.15. The number of rotatable bonds is 10. The van der Waals surface area contributed by atoms with Gasteiger partial charge in [-0.3, -0.25) is 9.59 Å². The topological polar surface area (TPSA) is 77.1 Å². The second-order valence-electron chi connectivity index (χ2n) is 6.38. The lowest BCUT2D eigenvalue weighted by Crippen LogP contribution is -2.49. The predicted octanol–water partition coefficient (Wildman–Crippen LogP) is 2.64. The van der Waals surface area contributed by atoms with Gasteiger partial charge >= 0.3 is 0 Å². The molecule has 0 aliphatic heterocycles. The number of carbonyl (C=O) groups excluding carboxylic acids is 2. The number of hydrogen-bond donors (Lipinski definition) is 1. The number of methoxy groups -OCH3 is 2. The largest absolute Gasteiger partial charge is 0.497 e. The Morgan fingerprint density at radius 1 is 1.00 bits per heavy atom. The van der Waals surface area contributed by atoms with Gasteiger partial charge in [-0.05, 0) is 43.7 Å². The number of benzene rings is 2. The lowest BCUT2D eigenvalue weighted by Gasteiger charge is -2.28. The van der Waals surface area contributed by atoms with Crippen LogP contribution >= 0.6 is 0 Å². The van der Waals surface area contributed by atoms with Crippen LogP contribution in [0.3, 0.4) is 0 Å². The van der Waals surface area contributed by atoms with Crippen LogP contribution in [0.1, 0.15) is 19.4 Å². The van der Waals surface area contributed by atoms with Crippen LogP contribution in [0.5, 0.6) is 17.2 Å². The summed E-state index contributed by atoms with van der Waals surface area (Å²) in [5.74, 6) is 1.22. The maximum atomic E-state index is 12.9. The molecule has 0 fully saturated rings. The zero-order valence-electron chi connectivity index (χ0n) is 17.3. The Labute approximate surface area is 171 Å². The van der Waals surface area contributed by atoms with Crippen molar-refractivity contribution >= 4 is 11.8 Å². The first-order valence-electron chi connectivity index (χ1n) is 9.46. The van der Waals surface area contributed by atoms with Crippen LogP contribution < -0.4 is 19.5 Å².